The highest BCUT2D eigenvalue weighted by molar-refractivity contribution is 6.30. The first-order valence-electron chi connectivity index (χ1n) is 11.2. The average molecular weight is 465 g/mol. The van der Waals surface area contributed by atoms with Crippen LogP contribution in [0, 0.1) is 12.3 Å². The van der Waals surface area contributed by atoms with Gasteiger partial charge in [-0.25, -0.2) is 4.79 Å². The van der Waals surface area contributed by atoms with Gasteiger partial charge >= 0.3 is 5.97 Å². The number of ketones is 1. The zero-order valence-electron chi connectivity index (χ0n) is 19.4. The first-order chi connectivity index (χ1) is 15.6. The van der Waals surface area contributed by atoms with Gasteiger partial charge in [-0.2, -0.15) is 0 Å². The smallest absolute Gasteiger partial charge is 0.338 e. The quantitative estimate of drug-likeness (QED) is 0.593. The number of ether oxygens (including phenoxy) is 1. The Morgan fingerprint density at radius 3 is 2.36 bits per heavy atom. The predicted octanol–water partition coefficient (Wildman–Crippen LogP) is 5.63. The second-order valence-corrected chi connectivity index (χ2v) is 9.91. The molecule has 0 bridgehead atoms. The molecule has 0 fully saturated rings. The molecular weight excluding hydrogens is 436 g/mol. The zero-order chi connectivity index (χ0) is 23.9. The topological polar surface area (TPSA) is 72.6 Å². The van der Waals surface area contributed by atoms with Gasteiger partial charge in [-0.1, -0.05) is 55.3 Å². The van der Waals surface area contributed by atoms with Crippen molar-refractivity contribution in [2.75, 3.05) is 11.5 Å². The van der Waals surface area contributed by atoms with Crippen LogP contribution in [-0.2, 0) is 14.3 Å². The van der Waals surface area contributed by atoms with Crippen molar-refractivity contribution >= 4 is 29.0 Å². The van der Waals surface area contributed by atoms with Crippen LogP contribution in [-0.4, -0.2) is 18.4 Å². The molecule has 1 unspecified atom stereocenters. The van der Waals surface area contributed by atoms with Crippen molar-refractivity contribution in [3.63, 3.8) is 0 Å². The number of carbonyl (C=O) groups excluding carboxylic acids is 2. The highest BCUT2D eigenvalue weighted by Crippen LogP contribution is 2.50. The van der Waals surface area contributed by atoms with Gasteiger partial charge in [0.15, 0.2) is 5.78 Å². The SMILES string of the molecule is CCOC(=O)C1=C(N)N(c2ccc(C)cc2)C2=C(C(=O)CC(C)(C)C2)C1c1ccc(Cl)cc1. The maximum atomic E-state index is 13.6. The Hall–Kier alpha value is -3.05. The molecule has 1 aliphatic carbocycles. The molecule has 2 N–H and O–H groups in total. The molecule has 172 valence electrons. The fourth-order valence-corrected chi connectivity index (χ4v) is 4.92. The van der Waals surface area contributed by atoms with E-state index in [2.05, 4.69) is 13.8 Å². The Morgan fingerprint density at radius 1 is 1.12 bits per heavy atom. The number of aryl methyl sites for hydroxylation is 1. The average Bonchev–Trinajstić information content (AvgIpc) is 2.74. The number of halogens is 1. The van der Waals surface area contributed by atoms with Crippen LogP contribution in [0.2, 0.25) is 5.02 Å². The minimum atomic E-state index is -0.610. The molecule has 4 rings (SSSR count). The summed E-state index contributed by atoms with van der Waals surface area (Å²) in [7, 11) is 0. The van der Waals surface area contributed by atoms with E-state index in [1.54, 1.807) is 19.1 Å². The van der Waals surface area contributed by atoms with Gasteiger partial charge in [0.05, 0.1) is 18.1 Å². The minimum Gasteiger partial charge on any atom is -0.463 e. The summed E-state index contributed by atoms with van der Waals surface area (Å²) in [6.45, 7) is 8.14. The van der Waals surface area contributed by atoms with E-state index in [0.717, 1.165) is 22.5 Å². The predicted molar refractivity (Wildman–Crippen MR) is 131 cm³/mol. The van der Waals surface area contributed by atoms with E-state index in [-0.39, 0.29) is 23.4 Å². The molecule has 0 saturated heterocycles. The zero-order valence-corrected chi connectivity index (χ0v) is 20.2. The molecule has 33 heavy (non-hydrogen) atoms. The third-order valence-electron chi connectivity index (χ3n) is 6.25. The number of anilines is 1. The van der Waals surface area contributed by atoms with E-state index in [4.69, 9.17) is 22.1 Å². The molecule has 2 aromatic rings. The van der Waals surface area contributed by atoms with Crippen molar-refractivity contribution in [2.45, 2.75) is 46.5 Å². The summed E-state index contributed by atoms with van der Waals surface area (Å²) in [4.78, 5) is 28.8. The van der Waals surface area contributed by atoms with Crippen LogP contribution in [0.5, 0.6) is 0 Å². The summed E-state index contributed by atoms with van der Waals surface area (Å²) < 4.78 is 5.42. The first kappa shape index (κ1) is 23.1. The summed E-state index contributed by atoms with van der Waals surface area (Å²) in [5, 5.41) is 0.579. The van der Waals surface area contributed by atoms with Gasteiger partial charge in [0, 0.05) is 28.4 Å². The van der Waals surface area contributed by atoms with Gasteiger partial charge in [0.2, 0.25) is 0 Å². The van der Waals surface area contributed by atoms with Gasteiger partial charge < -0.3 is 10.5 Å². The molecule has 5 nitrogen and oxygen atoms in total. The van der Waals surface area contributed by atoms with Crippen LogP contribution in [0.4, 0.5) is 5.69 Å². The number of benzene rings is 2. The fourth-order valence-electron chi connectivity index (χ4n) is 4.80. The monoisotopic (exact) mass is 464 g/mol. The maximum absolute atomic E-state index is 13.6. The van der Waals surface area contributed by atoms with E-state index < -0.39 is 11.9 Å². The van der Waals surface area contributed by atoms with Gasteiger partial charge in [-0.05, 0) is 55.5 Å². The molecule has 0 spiro atoms. The number of Topliss-reactive ketones (excluding diaryl/α,β-unsaturated/α-hetero) is 1. The number of rotatable bonds is 4. The Labute approximate surface area is 199 Å². The summed E-state index contributed by atoms with van der Waals surface area (Å²) in [6, 6.07) is 15.1. The van der Waals surface area contributed by atoms with Gasteiger partial charge in [-0.3, -0.25) is 9.69 Å². The highest BCUT2D eigenvalue weighted by atomic mass is 35.5. The molecule has 1 aliphatic heterocycles. The van der Waals surface area contributed by atoms with Gasteiger partial charge in [0.25, 0.3) is 0 Å². The van der Waals surface area contributed by atoms with E-state index in [9.17, 15) is 9.59 Å². The molecule has 6 heteroatoms. The van der Waals surface area contributed by atoms with E-state index in [0.29, 0.717) is 29.3 Å². The molecule has 0 saturated carbocycles. The van der Waals surface area contributed by atoms with Crippen LogP contribution < -0.4 is 10.6 Å². The molecule has 2 aromatic carbocycles. The third kappa shape index (κ3) is 4.30. The van der Waals surface area contributed by atoms with E-state index >= 15 is 0 Å². The third-order valence-corrected chi connectivity index (χ3v) is 6.50. The van der Waals surface area contributed by atoms with Crippen LogP contribution in [0.15, 0.2) is 71.2 Å². The van der Waals surface area contributed by atoms with Crippen molar-refractivity contribution in [1.29, 1.82) is 0 Å². The fraction of sp³-hybridized carbons (Fsp3) is 0.333. The Morgan fingerprint density at radius 2 is 1.76 bits per heavy atom. The Balaban J connectivity index is 2.01. The lowest BCUT2D eigenvalue weighted by atomic mass is 9.68. The van der Waals surface area contributed by atoms with Crippen molar-refractivity contribution < 1.29 is 14.3 Å². The second kappa shape index (κ2) is 8.71. The van der Waals surface area contributed by atoms with Gasteiger partial charge in [-0.15, -0.1) is 0 Å². The number of nitrogens with two attached hydrogens (primary N) is 1. The second-order valence-electron chi connectivity index (χ2n) is 9.48. The largest absolute Gasteiger partial charge is 0.463 e. The number of hydrogen-bond donors (Lipinski definition) is 1. The molecular formula is C27H29ClN2O3. The lowest BCUT2D eigenvalue weighted by Gasteiger charge is -2.44. The summed E-state index contributed by atoms with van der Waals surface area (Å²) >= 11 is 6.13. The van der Waals surface area contributed by atoms with Crippen molar-refractivity contribution in [1.82, 2.24) is 0 Å². The molecule has 0 aromatic heterocycles. The maximum Gasteiger partial charge on any atom is 0.338 e. The Bertz CT molecular complexity index is 1160. The van der Waals surface area contributed by atoms with Gasteiger partial charge in [0.1, 0.15) is 5.82 Å². The lowest BCUT2D eigenvalue weighted by Crippen LogP contribution is -2.43. The summed E-state index contributed by atoms with van der Waals surface area (Å²) in [5.41, 5.74) is 11.0. The number of allylic oxidation sites excluding steroid dienone is 2. The number of carbonyl (C=O) groups is 2. The van der Waals surface area contributed by atoms with Crippen molar-refractivity contribution in [3.05, 3.63) is 87.3 Å². The molecule has 1 atom stereocenters. The first-order valence-corrected chi connectivity index (χ1v) is 11.6. The van der Waals surface area contributed by atoms with Crippen LogP contribution in [0.25, 0.3) is 0 Å². The Kier molecular flexibility index (Phi) is 6.10. The molecule has 1 heterocycles. The van der Waals surface area contributed by atoms with Crippen molar-refractivity contribution in [2.24, 2.45) is 11.1 Å². The molecule has 0 radical (unpaired) electrons. The number of esters is 1. The highest BCUT2D eigenvalue weighted by Gasteiger charge is 2.46. The summed E-state index contributed by atoms with van der Waals surface area (Å²) in [6.07, 6.45) is 1.05. The number of hydrogen-bond acceptors (Lipinski definition) is 5. The van der Waals surface area contributed by atoms with E-state index in [1.807, 2.05) is 48.2 Å². The molecule has 2 aliphatic rings. The van der Waals surface area contributed by atoms with Crippen LogP contribution in [0.1, 0.15) is 50.7 Å². The van der Waals surface area contributed by atoms with E-state index in [1.165, 1.54) is 0 Å². The number of nitrogens with zero attached hydrogens (tertiary/aromatic N) is 1. The van der Waals surface area contributed by atoms with Crippen LogP contribution >= 0.6 is 11.6 Å². The van der Waals surface area contributed by atoms with Crippen LogP contribution in [0.3, 0.4) is 0 Å². The summed E-state index contributed by atoms with van der Waals surface area (Å²) in [5.74, 6) is -0.813. The standard InChI is InChI=1S/C27H29ClN2O3/c1-5-33-26(32)24-22(17-8-10-18(28)11-9-17)23-20(14-27(3,4)15-21(23)31)30(25(24)29)19-12-6-16(2)7-13-19/h6-13,22H,5,14-15,29H2,1-4H3. The lowest BCUT2D eigenvalue weighted by molar-refractivity contribution is -0.138. The van der Waals surface area contributed by atoms with Crippen molar-refractivity contribution in [3.8, 4) is 0 Å². The normalized spacial score (nSPS) is 20.1. The molecule has 0 amide bonds. The minimum absolute atomic E-state index is 0.0209.